The molecule has 0 N–H and O–H groups in total. The third kappa shape index (κ3) is 4.83. The monoisotopic (exact) mass is 493 g/mol. The molecule has 2 heterocycles. The van der Waals surface area contributed by atoms with Gasteiger partial charge in [-0.2, -0.15) is 0 Å². The number of methoxy groups -OCH3 is 3. The zero-order valence-electron chi connectivity index (χ0n) is 22.2. The molecule has 0 bridgehead atoms. The largest absolute Gasteiger partial charge is 0.493 e. The maximum Gasteiger partial charge on any atom is 0.330 e. The quantitative estimate of drug-likeness (QED) is 0.443. The molecular weight excluding hydrogens is 458 g/mol. The minimum Gasteiger partial charge on any atom is -0.493 e. The van der Waals surface area contributed by atoms with Gasteiger partial charge in [-0.1, -0.05) is 17.7 Å². The molecule has 1 aliphatic heterocycles. The molecule has 36 heavy (non-hydrogen) atoms. The molecule has 0 amide bonds. The van der Waals surface area contributed by atoms with Crippen molar-refractivity contribution in [1.29, 1.82) is 0 Å². The van der Waals surface area contributed by atoms with E-state index in [0.29, 0.717) is 36.6 Å². The van der Waals surface area contributed by atoms with Crippen LogP contribution in [0.15, 0.2) is 40.1 Å². The summed E-state index contributed by atoms with van der Waals surface area (Å²) < 4.78 is 25.7. The Hall–Kier alpha value is -3.36. The van der Waals surface area contributed by atoms with Crippen molar-refractivity contribution >= 4 is 5.69 Å². The van der Waals surface area contributed by atoms with Crippen LogP contribution in [0.1, 0.15) is 29.2 Å². The maximum absolute atomic E-state index is 13.8. The van der Waals surface area contributed by atoms with Gasteiger partial charge in [-0.25, -0.2) is 9.79 Å². The molecule has 8 nitrogen and oxygen atoms in total. The highest BCUT2D eigenvalue weighted by Crippen LogP contribution is 2.37. The normalized spacial score (nSPS) is 13.1. The highest BCUT2D eigenvalue weighted by molar-refractivity contribution is 5.70. The molecule has 0 fully saturated rings. The Morgan fingerprint density at radius 1 is 0.972 bits per heavy atom. The standard InChI is InChI=1S/C28H35N3O5/c1-8-36-24-13-20-9-10-30-22(21(20)14-23(24)33-5)15-25(31(28(30)32)16-26(34-6)35-7)29-27-18(3)11-17(2)12-19(27)4/h11-15,26H,8-10,16H2,1-7H3/b29-25+. The number of hydrogen-bond acceptors (Lipinski definition) is 6. The SMILES string of the molecule is CCOc1cc2c(cc1OC)-c1c/c(=N\c3c(C)cc(C)cc3C)n(CC(OC)OC)c(=O)n1CC2. The highest BCUT2D eigenvalue weighted by atomic mass is 16.7. The van der Waals surface area contributed by atoms with E-state index in [-0.39, 0.29) is 12.2 Å². The number of aromatic nitrogens is 2. The van der Waals surface area contributed by atoms with Gasteiger partial charge in [-0.15, -0.1) is 0 Å². The Balaban J connectivity index is 2.01. The van der Waals surface area contributed by atoms with Crippen LogP contribution in [0.4, 0.5) is 5.69 Å². The molecule has 1 aromatic heterocycles. The van der Waals surface area contributed by atoms with Crippen molar-refractivity contribution in [3.05, 3.63) is 68.6 Å². The molecule has 3 aromatic rings. The smallest absolute Gasteiger partial charge is 0.330 e. The molecule has 0 atom stereocenters. The van der Waals surface area contributed by atoms with Crippen LogP contribution in [-0.4, -0.2) is 43.4 Å². The van der Waals surface area contributed by atoms with E-state index in [4.69, 9.17) is 23.9 Å². The molecule has 192 valence electrons. The van der Waals surface area contributed by atoms with E-state index in [9.17, 15) is 4.79 Å². The second-order valence-electron chi connectivity index (χ2n) is 9.04. The van der Waals surface area contributed by atoms with Gasteiger partial charge in [-0.05, 0) is 62.9 Å². The van der Waals surface area contributed by atoms with Crippen molar-refractivity contribution in [2.24, 2.45) is 4.99 Å². The van der Waals surface area contributed by atoms with Crippen molar-refractivity contribution in [2.45, 2.75) is 53.5 Å². The first-order valence-electron chi connectivity index (χ1n) is 12.2. The van der Waals surface area contributed by atoms with Crippen LogP contribution in [-0.2, 0) is 29.0 Å². The van der Waals surface area contributed by atoms with Gasteiger partial charge < -0.3 is 18.9 Å². The van der Waals surface area contributed by atoms with Crippen LogP contribution in [0, 0.1) is 20.8 Å². The Bertz CT molecular complexity index is 1380. The first-order valence-corrected chi connectivity index (χ1v) is 12.2. The fourth-order valence-electron chi connectivity index (χ4n) is 4.89. The lowest BCUT2D eigenvalue weighted by atomic mass is 9.97. The summed E-state index contributed by atoms with van der Waals surface area (Å²) >= 11 is 0. The van der Waals surface area contributed by atoms with Gasteiger partial charge in [0.15, 0.2) is 17.8 Å². The van der Waals surface area contributed by atoms with Gasteiger partial charge in [0, 0.05) is 32.4 Å². The van der Waals surface area contributed by atoms with E-state index in [0.717, 1.165) is 33.6 Å². The third-order valence-corrected chi connectivity index (χ3v) is 6.58. The molecular formula is C28H35N3O5. The van der Waals surface area contributed by atoms with E-state index in [2.05, 4.69) is 19.1 Å². The van der Waals surface area contributed by atoms with Crippen LogP contribution in [0.2, 0.25) is 0 Å². The first kappa shape index (κ1) is 25.7. The molecule has 0 unspecified atom stereocenters. The van der Waals surface area contributed by atoms with Gasteiger partial charge in [0.1, 0.15) is 5.49 Å². The second kappa shape index (κ2) is 10.7. The van der Waals surface area contributed by atoms with Crippen molar-refractivity contribution in [3.8, 4) is 22.8 Å². The topological polar surface area (TPSA) is 76.2 Å². The van der Waals surface area contributed by atoms with E-state index < -0.39 is 6.29 Å². The van der Waals surface area contributed by atoms with Gasteiger partial charge >= 0.3 is 5.69 Å². The maximum atomic E-state index is 13.8. The van der Waals surface area contributed by atoms with E-state index >= 15 is 0 Å². The number of nitrogens with zero attached hydrogens (tertiary/aromatic N) is 3. The van der Waals surface area contributed by atoms with Gasteiger partial charge in [0.2, 0.25) is 0 Å². The Kier molecular flexibility index (Phi) is 7.66. The minimum absolute atomic E-state index is 0.161. The van der Waals surface area contributed by atoms with Crippen LogP contribution >= 0.6 is 0 Å². The molecule has 0 spiro atoms. The summed E-state index contributed by atoms with van der Waals surface area (Å²) in [7, 11) is 4.75. The minimum atomic E-state index is -0.583. The zero-order chi connectivity index (χ0) is 26.0. The summed E-state index contributed by atoms with van der Waals surface area (Å²) in [5, 5.41) is 0. The predicted octanol–water partition coefficient (Wildman–Crippen LogP) is 4.06. The van der Waals surface area contributed by atoms with Gasteiger partial charge in [-0.3, -0.25) is 9.13 Å². The molecule has 0 aliphatic carbocycles. The fraction of sp³-hybridized carbons (Fsp3) is 0.429. The van der Waals surface area contributed by atoms with Crippen LogP contribution in [0.3, 0.4) is 0 Å². The van der Waals surface area contributed by atoms with Gasteiger partial charge in [0.25, 0.3) is 0 Å². The van der Waals surface area contributed by atoms with Crippen LogP contribution < -0.4 is 20.7 Å². The summed E-state index contributed by atoms with van der Waals surface area (Å²) in [5.74, 6) is 1.34. The lowest BCUT2D eigenvalue weighted by molar-refractivity contribution is -0.112. The average molecular weight is 494 g/mol. The Labute approximate surface area is 211 Å². The Morgan fingerprint density at radius 3 is 2.28 bits per heavy atom. The number of hydrogen-bond donors (Lipinski definition) is 0. The van der Waals surface area contributed by atoms with Crippen molar-refractivity contribution in [2.75, 3.05) is 27.9 Å². The average Bonchev–Trinajstić information content (AvgIpc) is 2.85. The molecule has 2 aromatic carbocycles. The summed E-state index contributed by atoms with van der Waals surface area (Å²) in [4.78, 5) is 18.9. The van der Waals surface area contributed by atoms with Crippen LogP contribution in [0.5, 0.6) is 11.5 Å². The molecule has 0 saturated heterocycles. The fourth-order valence-corrected chi connectivity index (χ4v) is 4.89. The molecule has 8 heteroatoms. The molecule has 0 radical (unpaired) electrons. The highest BCUT2D eigenvalue weighted by Gasteiger charge is 2.23. The molecule has 4 rings (SSSR count). The predicted molar refractivity (Wildman–Crippen MR) is 139 cm³/mol. The van der Waals surface area contributed by atoms with E-state index in [1.54, 1.807) is 30.5 Å². The Morgan fingerprint density at radius 2 is 1.67 bits per heavy atom. The summed E-state index contributed by atoms with van der Waals surface area (Å²) in [6, 6.07) is 10.1. The zero-order valence-corrected chi connectivity index (χ0v) is 22.2. The summed E-state index contributed by atoms with van der Waals surface area (Å²) in [5.41, 5.74) is 7.36. The molecule has 1 aliphatic rings. The molecule has 0 saturated carbocycles. The van der Waals surface area contributed by atoms with Gasteiger partial charge in [0.05, 0.1) is 31.6 Å². The summed E-state index contributed by atoms with van der Waals surface area (Å²) in [6.07, 6.45) is 0.122. The lowest BCUT2D eigenvalue weighted by Gasteiger charge is -2.25. The van der Waals surface area contributed by atoms with Crippen molar-refractivity contribution in [3.63, 3.8) is 0 Å². The van der Waals surface area contributed by atoms with Crippen molar-refractivity contribution in [1.82, 2.24) is 9.13 Å². The number of rotatable bonds is 8. The first-order chi connectivity index (χ1) is 17.3. The summed E-state index contributed by atoms with van der Waals surface area (Å²) in [6.45, 7) is 9.40. The number of benzene rings is 2. The number of fused-ring (bicyclic) bond motifs is 3. The van der Waals surface area contributed by atoms with E-state index in [1.165, 1.54) is 5.56 Å². The van der Waals surface area contributed by atoms with E-state index in [1.807, 2.05) is 39.0 Å². The number of ether oxygens (including phenoxy) is 4. The lowest BCUT2D eigenvalue weighted by Crippen LogP contribution is -2.44. The number of aryl methyl sites for hydroxylation is 4. The van der Waals surface area contributed by atoms with Crippen molar-refractivity contribution < 1.29 is 18.9 Å². The third-order valence-electron chi connectivity index (χ3n) is 6.58. The second-order valence-corrected chi connectivity index (χ2v) is 9.04. The van der Waals surface area contributed by atoms with Crippen LogP contribution in [0.25, 0.3) is 11.3 Å².